The fraction of sp³-hybridized carbons (Fsp3) is 0.462. The molecule has 0 fully saturated rings. The minimum Gasteiger partial charge on any atom is -0.466 e. The molecule has 3 rings (SSSR count). The number of H-pyrrole nitrogens is 1. The van der Waals surface area contributed by atoms with Gasteiger partial charge >= 0.3 is 11.9 Å². The zero-order valence-electron chi connectivity index (χ0n) is 21.2. The number of aromatic amines is 1. The number of nitrogens with one attached hydrogen (secondary N) is 3. The highest BCUT2D eigenvalue weighted by molar-refractivity contribution is 6.31. The highest BCUT2D eigenvalue weighted by Gasteiger charge is 2.25. The Hall–Kier alpha value is -3.53. The van der Waals surface area contributed by atoms with Crippen molar-refractivity contribution in [2.75, 3.05) is 32.0 Å². The average molecular weight is 532 g/mol. The maximum atomic E-state index is 12.8. The molecule has 1 aliphatic heterocycles. The van der Waals surface area contributed by atoms with Crippen molar-refractivity contribution in [1.82, 2.24) is 15.2 Å². The summed E-state index contributed by atoms with van der Waals surface area (Å²) in [6.45, 7) is 5.21. The van der Waals surface area contributed by atoms with Crippen LogP contribution >= 0.6 is 11.6 Å². The van der Waals surface area contributed by atoms with Crippen LogP contribution in [0.5, 0.6) is 0 Å². The maximum absolute atomic E-state index is 12.8. The lowest BCUT2D eigenvalue weighted by molar-refractivity contribution is -0.146. The molecule has 0 unspecified atom stereocenters. The third kappa shape index (κ3) is 7.48. The van der Waals surface area contributed by atoms with Crippen molar-refractivity contribution in [1.29, 1.82) is 5.41 Å². The molecular weight excluding hydrogens is 498 g/mol. The number of carbonyl (C=O) groups is 3. The molecule has 1 aliphatic rings. The van der Waals surface area contributed by atoms with E-state index in [0.717, 1.165) is 36.2 Å². The molecule has 200 valence electrons. The van der Waals surface area contributed by atoms with Gasteiger partial charge in [-0.05, 0) is 56.9 Å². The quantitative estimate of drug-likeness (QED) is 0.307. The Labute approximate surface area is 221 Å². The Morgan fingerprint density at radius 3 is 2.68 bits per heavy atom. The van der Waals surface area contributed by atoms with Gasteiger partial charge < -0.3 is 30.4 Å². The molecule has 10 nitrogen and oxygen atoms in total. The Morgan fingerprint density at radius 1 is 1.22 bits per heavy atom. The van der Waals surface area contributed by atoms with Crippen molar-refractivity contribution < 1.29 is 23.9 Å². The molecule has 1 atom stereocenters. The number of amides is 1. The number of ether oxygens (including phenoxy) is 2. The second kappa shape index (κ2) is 13.1. The zero-order valence-corrected chi connectivity index (χ0v) is 22.0. The summed E-state index contributed by atoms with van der Waals surface area (Å²) in [6, 6.07) is 5.83. The molecule has 0 aliphatic carbocycles. The first-order chi connectivity index (χ1) is 17.7. The van der Waals surface area contributed by atoms with Crippen LogP contribution in [-0.4, -0.2) is 65.9 Å². The number of aryl methyl sites for hydroxylation is 1. The summed E-state index contributed by atoms with van der Waals surface area (Å²) in [5.74, 6) is -0.512. The molecule has 2 aromatic rings. The normalized spacial score (nSPS) is 13.6. The monoisotopic (exact) mass is 531 g/mol. The van der Waals surface area contributed by atoms with E-state index in [1.165, 1.54) is 0 Å². The first-order valence-corrected chi connectivity index (χ1v) is 12.8. The Bertz CT molecular complexity index is 1150. The molecule has 0 saturated carbocycles. The van der Waals surface area contributed by atoms with E-state index in [1.807, 2.05) is 4.90 Å². The van der Waals surface area contributed by atoms with Crippen molar-refractivity contribution in [3.63, 3.8) is 0 Å². The van der Waals surface area contributed by atoms with E-state index in [9.17, 15) is 14.4 Å². The second-order valence-corrected chi connectivity index (χ2v) is 9.14. The summed E-state index contributed by atoms with van der Waals surface area (Å²) in [7, 11) is 0. The number of hydrogen-bond acceptors (Lipinski definition) is 7. The van der Waals surface area contributed by atoms with Gasteiger partial charge in [0.2, 0.25) is 0 Å². The fourth-order valence-electron chi connectivity index (χ4n) is 4.26. The van der Waals surface area contributed by atoms with Gasteiger partial charge in [-0.3, -0.25) is 15.0 Å². The van der Waals surface area contributed by atoms with Crippen molar-refractivity contribution >= 4 is 41.1 Å². The first-order valence-electron chi connectivity index (χ1n) is 12.5. The molecule has 0 radical (unpaired) electrons. The van der Waals surface area contributed by atoms with Crippen LogP contribution in [-0.2, 0) is 31.9 Å². The molecule has 2 heterocycles. The van der Waals surface area contributed by atoms with E-state index in [2.05, 4.69) is 10.3 Å². The van der Waals surface area contributed by atoms with Gasteiger partial charge in [0.25, 0.3) is 5.91 Å². The van der Waals surface area contributed by atoms with Crippen molar-refractivity contribution in [2.45, 2.75) is 52.0 Å². The number of anilines is 1. The number of hydrogen-bond donors (Lipinski definition) is 4. The van der Waals surface area contributed by atoms with Gasteiger partial charge in [0.15, 0.2) is 0 Å². The predicted molar refractivity (Wildman–Crippen MR) is 141 cm³/mol. The molecule has 0 bridgehead atoms. The fourth-order valence-corrected chi connectivity index (χ4v) is 4.54. The van der Waals surface area contributed by atoms with Gasteiger partial charge in [0.05, 0.1) is 13.2 Å². The molecular formula is C26H34ClN5O5. The number of nitrogens with two attached hydrogens (primary N) is 1. The number of rotatable bonds is 12. The summed E-state index contributed by atoms with van der Waals surface area (Å²) < 4.78 is 9.94. The third-order valence-electron chi connectivity index (χ3n) is 6.13. The van der Waals surface area contributed by atoms with Crippen molar-refractivity contribution in [2.24, 2.45) is 0 Å². The molecule has 1 aromatic heterocycles. The molecule has 37 heavy (non-hydrogen) atoms. The van der Waals surface area contributed by atoms with Crippen LogP contribution in [0.1, 0.15) is 60.3 Å². The summed E-state index contributed by atoms with van der Waals surface area (Å²) in [5, 5.41) is 11.5. The number of nitrogen functional groups attached to an aromatic ring is 1. The van der Waals surface area contributed by atoms with Crippen LogP contribution < -0.4 is 11.1 Å². The summed E-state index contributed by atoms with van der Waals surface area (Å²) in [4.78, 5) is 42.0. The lowest BCUT2D eigenvalue weighted by Crippen LogP contribution is -2.42. The van der Waals surface area contributed by atoms with Crippen LogP contribution in [0.3, 0.4) is 0 Å². The number of benzene rings is 1. The van der Waals surface area contributed by atoms with Crippen molar-refractivity contribution in [3.8, 4) is 0 Å². The highest BCUT2D eigenvalue weighted by Crippen LogP contribution is 2.23. The highest BCUT2D eigenvalue weighted by atomic mass is 35.5. The van der Waals surface area contributed by atoms with Crippen LogP contribution in [0.4, 0.5) is 5.82 Å². The smallest absolute Gasteiger partial charge is 0.328 e. The van der Waals surface area contributed by atoms with E-state index in [1.54, 1.807) is 38.1 Å². The summed E-state index contributed by atoms with van der Waals surface area (Å²) in [5.41, 5.74) is 8.87. The van der Waals surface area contributed by atoms with Gasteiger partial charge in [-0.25, -0.2) is 4.79 Å². The standard InChI is InChI=1S/C26H34ClN5O5/c1-3-36-23(33)10-9-21(26(35)37-4-2)31-25(34)17-8-7-16(19(27)14-17)6-5-12-32-13-11-20-18(24(32)29)15-22(28)30-20/h7-8,14-15,21,29-30H,3-6,9-13,28H2,1-2H3,(H,31,34)/t21-/m0/s1. The van der Waals surface area contributed by atoms with Crippen LogP contribution in [0.15, 0.2) is 24.3 Å². The van der Waals surface area contributed by atoms with Gasteiger partial charge in [-0.2, -0.15) is 0 Å². The van der Waals surface area contributed by atoms with Gasteiger partial charge in [0.1, 0.15) is 17.7 Å². The number of amidine groups is 1. The van der Waals surface area contributed by atoms with E-state index in [-0.39, 0.29) is 26.1 Å². The predicted octanol–water partition coefficient (Wildman–Crippen LogP) is 3.07. The Balaban J connectivity index is 1.56. The van der Waals surface area contributed by atoms with Crippen LogP contribution in [0, 0.1) is 5.41 Å². The number of fused-ring (bicyclic) bond motifs is 1. The van der Waals surface area contributed by atoms with Gasteiger partial charge in [0, 0.05) is 47.8 Å². The Morgan fingerprint density at radius 2 is 1.97 bits per heavy atom. The van der Waals surface area contributed by atoms with E-state index < -0.39 is 23.9 Å². The topological polar surface area (TPSA) is 151 Å². The number of carbonyl (C=O) groups excluding carboxylic acids is 3. The number of aromatic nitrogens is 1. The SMILES string of the molecule is CCOC(=O)CC[C@H](NC(=O)c1ccc(CCCN2CCc3[nH]c(N)cc3C2=N)c(Cl)c1)C(=O)OCC. The summed E-state index contributed by atoms with van der Waals surface area (Å²) in [6.07, 6.45) is 2.31. The average Bonchev–Trinajstić information content (AvgIpc) is 3.25. The van der Waals surface area contributed by atoms with Gasteiger partial charge in [-0.15, -0.1) is 0 Å². The Kier molecular flexibility index (Phi) is 9.96. The lowest BCUT2D eigenvalue weighted by Gasteiger charge is -2.29. The van der Waals surface area contributed by atoms with Crippen LogP contribution in [0.25, 0.3) is 0 Å². The molecule has 1 aromatic carbocycles. The molecule has 5 N–H and O–H groups in total. The first kappa shape index (κ1) is 28.0. The number of halogens is 1. The molecule has 11 heteroatoms. The van der Waals surface area contributed by atoms with Gasteiger partial charge in [-0.1, -0.05) is 17.7 Å². The maximum Gasteiger partial charge on any atom is 0.328 e. The zero-order chi connectivity index (χ0) is 26.9. The summed E-state index contributed by atoms with van der Waals surface area (Å²) >= 11 is 6.47. The van der Waals surface area contributed by atoms with Crippen molar-refractivity contribution in [3.05, 3.63) is 51.7 Å². The molecule has 0 spiro atoms. The minimum atomic E-state index is -0.980. The number of nitrogens with zero attached hydrogens (tertiary/aromatic N) is 1. The van der Waals surface area contributed by atoms with E-state index in [4.69, 9.17) is 32.2 Å². The number of esters is 2. The largest absolute Gasteiger partial charge is 0.466 e. The molecule has 0 saturated heterocycles. The third-order valence-corrected chi connectivity index (χ3v) is 6.48. The minimum absolute atomic E-state index is 0.0233. The van der Waals surface area contributed by atoms with E-state index >= 15 is 0 Å². The van der Waals surface area contributed by atoms with E-state index in [0.29, 0.717) is 35.2 Å². The molecule has 1 amide bonds. The lowest BCUT2D eigenvalue weighted by atomic mass is 10.0. The second-order valence-electron chi connectivity index (χ2n) is 8.73. The van der Waals surface area contributed by atoms with Crippen LogP contribution in [0.2, 0.25) is 5.02 Å².